The predicted octanol–water partition coefficient (Wildman–Crippen LogP) is 2.65. The molecule has 0 saturated heterocycles. The first kappa shape index (κ1) is 11.0. The fraction of sp³-hybridized carbons (Fsp3) is 0.182. The Morgan fingerprint density at radius 3 is 2.62 bits per heavy atom. The Labute approximate surface area is 102 Å². The summed E-state index contributed by atoms with van der Waals surface area (Å²) in [6.45, 7) is 0. The molecule has 2 rings (SSSR count). The molecule has 0 unspecified atom stereocenters. The third-order valence-corrected chi connectivity index (χ3v) is 2.83. The van der Waals surface area contributed by atoms with Crippen LogP contribution in [-0.4, -0.2) is 23.8 Å². The van der Waals surface area contributed by atoms with Crippen molar-refractivity contribution in [1.29, 1.82) is 0 Å². The molecule has 0 radical (unpaired) electrons. The second kappa shape index (κ2) is 4.57. The molecule has 1 aromatic carbocycles. The van der Waals surface area contributed by atoms with E-state index in [4.69, 9.17) is 9.47 Å². The van der Waals surface area contributed by atoms with E-state index in [0.29, 0.717) is 0 Å². The van der Waals surface area contributed by atoms with E-state index in [0.717, 1.165) is 21.9 Å². The van der Waals surface area contributed by atoms with E-state index in [9.17, 15) is 0 Å². The molecule has 0 spiro atoms. The van der Waals surface area contributed by atoms with Gasteiger partial charge in [-0.1, -0.05) is 0 Å². The van der Waals surface area contributed by atoms with E-state index in [-0.39, 0.29) is 0 Å². The van der Waals surface area contributed by atoms with Gasteiger partial charge in [0, 0.05) is 18.5 Å². The smallest absolute Gasteiger partial charge is 0.181 e. The second-order valence-electron chi connectivity index (χ2n) is 3.10. The SMILES string of the molecule is COc1ccc(-n2ccnc2Br)c(OC)c1. The number of benzene rings is 1. The molecule has 0 aliphatic rings. The lowest BCUT2D eigenvalue weighted by Gasteiger charge is -2.11. The maximum Gasteiger partial charge on any atom is 0.181 e. The van der Waals surface area contributed by atoms with Crippen LogP contribution in [0.3, 0.4) is 0 Å². The molecule has 0 N–H and O–H groups in total. The van der Waals surface area contributed by atoms with Gasteiger partial charge in [0.25, 0.3) is 0 Å². The second-order valence-corrected chi connectivity index (χ2v) is 3.81. The first-order valence-corrected chi connectivity index (χ1v) is 5.47. The van der Waals surface area contributed by atoms with Gasteiger partial charge in [0.15, 0.2) is 4.73 Å². The zero-order valence-electron chi connectivity index (χ0n) is 8.98. The van der Waals surface area contributed by atoms with Gasteiger partial charge < -0.3 is 9.47 Å². The molecule has 0 aliphatic carbocycles. The van der Waals surface area contributed by atoms with Crippen LogP contribution in [0.5, 0.6) is 11.5 Å². The highest BCUT2D eigenvalue weighted by molar-refractivity contribution is 9.10. The van der Waals surface area contributed by atoms with Crippen LogP contribution in [0.25, 0.3) is 5.69 Å². The van der Waals surface area contributed by atoms with E-state index in [2.05, 4.69) is 20.9 Å². The maximum atomic E-state index is 5.32. The summed E-state index contributed by atoms with van der Waals surface area (Å²) < 4.78 is 13.1. The number of methoxy groups -OCH3 is 2. The highest BCUT2D eigenvalue weighted by Crippen LogP contribution is 2.29. The fourth-order valence-electron chi connectivity index (χ4n) is 1.45. The molecule has 5 heteroatoms. The molecule has 0 saturated carbocycles. The van der Waals surface area contributed by atoms with Crippen molar-refractivity contribution in [2.24, 2.45) is 0 Å². The minimum absolute atomic E-state index is 0.732. The van der Waals surface area contributed by atoms with Crippen molar-refractivity contribution in [2.45, 2.75) is 0 Å². The highest BCUT2D eigenvalue weighted by atomic mass is 79.9. The average molecular weight is 283 g/mol. The van der Waals surface area contributed by atoms with Crippen LogP contribution in [0, 0.1) is 0 Å². The Morgan fingerprint density at radius 1 is 1.25 bits per heavy atom. The minimum Gasteiger partial charge on any atom is -0.497 e. The summed E-state index contributed by atoms with van der Waals surface area (Å²) in [6.07, 6.45) is 3.57. The molecule has 0 bridgehead atoms. The third-order valence-electron chi connectivity index (χ3n) is 2.24. The summed E-state index contributed by atoms with van der Waals surface area (Å²) in [7, 11) is 3.25. The van der Waals surface area contributed by atoms with Crippen molar-refractivity contribution in [1.82, 2.24) is 9.55 Å². The third kappa shape index (κ3) is 1.90. The molecule has 2 aromatic rings. The molecular weight excluding hydrogens is 272 g/mol. The van der Waals surface area contributed by atoms with E-state index >= 15 is 0 Å². The number of nitrogens with zero attached hydrogens (tertiary/aromatic N) is 2. The quantitative estimate of drug-likeness (QED) is 0.868. The molecule has 0 amide bonds. The number of hydrogen-bond acceptors (Lipinski definition) is 3. The monoisotopic (exact) mass is 282 g/mol. The summed E-state index contributed by atoms with van der Waals surface area (Å²) >= 11 is 3.37. The summed E-state index contributed by atoms with van der Waals surface area (Å²) in [4.78, 5) is 4.10. The van der Waals surface area contributed by atoms with Gasteiger partial charge in [-0.3, -0.25) is 4.57 Å². The molecule has 1 aromatic heterocycles. The normalized spacial score (nSPS) is 10.2. The van der Waals surface area contributed by atoms with Crippen molar-refractivity contribution in [3.05, 3.63) is 35.3 Å². The maximum absolute atomic E-state index is 5.32. The fourth-order valence-corrected chi connectivity index (χ4v) is 1.88. The highest BCUT2D eigenvalue weighted by Gasteiger charge is 2.09. The predicted molar refractivity (Wildman–Crippen MR) is 64.4 cm³/mol. The largest absolute Gasteiger partial charge is 0.497 e. The van der Waals surface area contributed by atoms with Crippen LogP contribution in [0.15, 0.2) is 35.3 Å². The minimum atomic E-state index is 0.732. The van der Waals surface area contributed by atoms with Gasteiger partial charge in [0.05, 0.1) is 19.9 Å². The van der Waals surface area contributed by atoms with Crippen LogP contribution in [0.4, 0.5) is 0 Å². The lowest BCUT2D eigenvalue weighted by molar-refractivity contribution is 0.393. The van der Waals surface area contributed by atoms with E-state index in [1.54, 1.807) is 20.4 Å². The van der Waals surface area contributed by atoms with Gasteiger partial charge in [-0.25, -0.2) is 4.98 Å². The van der Waals surface area contributed by atoms with Crippen molar-refractivity contribution in [2.75, 3.05) is 14.2 Å². The Balaban J connectivity index is 2.53. The van der Waals surface area contributed by atoms with Gasteiger partial charge in [-0.15, -0.1) is 0 Å². The van der Waals surface area contributed by atoms with E-state index < -0.39 is 0 Å². The standard InChI is InChI=1S/C11H11BrN2O2/c1-15-8-3-4-9(10(7-8)16-2)14-6-5-13-11(14)12/h3-7H,1-2H3. The van der Waals surface area contributed by atoms with Crippen molar-refractivity contribution >= 4 is 15.9 Å². The number of rotatable bonds is 3. The molecule has 0 aliphatic heterocycles. The first-order valence-electron chi connectivity index (χ1n) is 4.67. The number of imidazole rings is 1. The van der Waals surface area contributed by atoms with E-state index in [1.807, 2.05) is 29.0 Å². The molecule has 4 nitrogen and oxygen atoms in total. The van der Waals surface area contributed by atoms with Crippen LogP contribution >= 0.6 is 15.9 Å². The Bertz CT molecular complexity index is 496. The Morgan fingerprint density at radius 2 is 2.06 bits per heavy atom. The molecular formula is C11H11BrN2O2. The van der Waals surface area contributed by atoms with Gasteiger partial charge in [-0.05, 0) is 28.1 Å². The van der Waals surface area contributed by atoms with Crippen molar-refractivity contribution < 1.29 is 9.47 Å². The number of aromatic nitrogens is 2. The summed E-state index contributed by atoms with van der Waals surface area (Å²) in [5, 5.41) is 0. The molecule has 0 atom stereocenters. The summed E-state index contributed by atoms with van der Waals surface area (Å²) in [6, 6.07) is 5.64. The first-order chi connectivity index (χ1) is 7.76. The topological polar surface area (TPSA) is 36.3 Å². The molecule has 16 heavy (non-hydrogen) atoms. The van der Waals surface area contributed by atoms with Gasteiger partial charge in [-0.2, -0.15) is 0 Å². The van der Waals surface area contributed by atoms with Gasteiger partial charge in [0.1, 0.15) is 11.5 Å². The lowest BCUT2D eigenvalue weighted by atomic mass is 10.2. The average Bonchev–Trinajstić information content (AvgIpc) is 2.74. The Hall–Kier alpha value is -1.49. The van der Waals surface area contributed by atoms with Crippen molar-refractivity contribution in [3.8, 4) is 17.2 Å². The molecule has 1 heterocycles. The zero-order valence-corrected chi connectivity index (χ0v) is 10.6. The van der Waals surface area contributed by atoms with Crippen LogP contribution in [-0.2, 0) is 0 Å². The molecule has 84 valence electrons. The van der Waals surface area contributed by atoms with Crippen molar-refractivity contribution in [3.63, 3.8) is 0 Å². The van der Waals surface area contributed by atoms with E-state index in [1.165, 1.54) is 0 Å². The van der Waals surface area contributed by atoms with Crippen LogP contribution in [0.1, 0.15) is 0 Å². The van der Waals surface area contributed by atoms with Crippen LogP contribution < -0.4 is 9.47 Å². The van der Waals surface area contributed by atoms with Gasteiger partial charge in [0.2, 0.25) is 0 Å². The number of ether oxygens (including phenoxy) is 2. The summed E-state index contributed by atoms with van der Waals surface area (Å²) in [5.74, 6) is 1.50. The number of halogens is 1. The lowest BCUT2D eigenvalue weighted by Crippen LogP contribution is -1.97. The number of hydrogen-bond donors (Lipinski definition) is 0. The van der Waals surface area contributed by atoms with Crippen LogP contribution in [0.2, 0.25) is 0 Å². The zero-order chi connectivity index (χ0) is 11.5. The van der Waals surface area contributed by atoms with Gasteiger partial charge >= 0.3 is 0 Å². The Kier molecular flexibility index (Phi) is 3.14. The molecule has 0 fully saturated rings. The summed E-state index contributed by atoms with van der Waals surface area (Å²) in [5.41, 5.74) is 0.910.